The smallest absolute Gasteiger partial charge is 0.230 e. The van der Waals surface area contributed by atoms with Crippen molar-refractivity contribution in [3.8, 4) is 5.88 Å². The van der Waals surface area contributed by atoms with E-state index >= 15 is 0 Å². The number of fused-ring (bicyclic) bond motifs is 2. The van der Waals surface area contributed by atoms with Gasteiger partial charge in [-0.3, -0.25) is 0 Å². The zero-order valence-corrected chi connectivity index (χ0v) is 14.8. The molecule has 0 aliphatic carbocycles. The van der Waals surface area contributed by atoms with Gasteiger partial charge < -0.3 is 19.7 Å². The Morgan fingerprint density at radius 1 is 1.25 bits per heavy atom. The van der Waals surface area contributed by atoms with Crippen LogP contribution < -0.4 is 15.0 Å². The summed E-state index contributed by atoms with van der Waals surface area (Å²) >= 11 is 6.21. The molecule has 4 atom stereocenters. The standard InChI is InChI=1S/C17H25ClN4O2/c1-22(13-7-11-3-2-4-12(8-13)19-11)17-20-15(18)9-16(21-17)24-14-5-6-23-10-14/h9,11-14,19H,2-8,10H2,1H3/t11-,12+,13+,14?. The largest absolute Gasteiger partial charge is 0.472 e. The Kier molecular flexibility index (Phi) is 4.79. The van der Waals surface area contributed by atoms with Crippen LogP contribution in [0.15, 0.2) is 6.07 Å². The Morgan fingerprint density at radius 3 is 2.75 bits per heavy atom. The minimum atomic E-state index is 0.0624. The lowest BCUT2D eigenvalue weighted by Gasteiger charge is -2.43. The van der Waals surface area contributed by atoms with Crippen molar-refractivity contribution >= 4 is 17.5 Å². The third kappa shape index (κ3) is 3.60. The fraction of sp³-hybridized carbons (Fsp3) is 0.765. The van der Waals surface area contributed by atoms with Crippen LogP contribution in [-0.4, -0.2) is 54.5 Å². The van der Waals surface area contributed by atoms with Gasteiger partial charge in [-0.25, -0.2) is 4.98 Å². The van der Waals surface area contributed by atoms with E-state index in [1.54, 1.807) is 6.07 Å². The number of rotatable bonds is 4. The summed E-state index contributed by atoms with van der Waals surface area (Å²) in [5.74, 6) is 1.20. The Labute approximate surface area is 147 Å². The van der Waals surface area contributed by atoms with Crippen molar-refractivity contribution < 1.29 is 9.47 Å². The first-order chi connectivity index (χ1) is 11.7. The van der Waals surface area contributed by atoms with Crippen LogP contribution in [0.5, 0.6) is 5.88 Å². The summed E-state index contributed by atoms with van der Waals surface area (Å²) in [5, 5.41) is 4.15. The zero-order valence-electron chi connectivity index (χ0n) is 14.1. The number of halogens is 1. The highest BCUT2D eigenvalue weighted by atomic mass is 35.5. The van der Waals surface area contributed by atoms with E-state index in [1.807, 2.05) is 0 Å². The molecular formula is C17H25ClN4O2. The number of hydrogen-bond acceptors (Lipinski definition) is 6. The lowest BCUT2D eigenvalue weighted by molar-refractivity contribution is 0.138. The van der Waals surface area contributed by atoms with Crippen LogP contribution >= 0.6 is 11.6 Å². The van der Waals surface area contributed by atoms with Gasteiger partial charge in [-0.05, 0) is 25.7 Å². The summed E-state index contributed by atoms with van der Waals surface area (Å²) in [6.45, 7) is 1.36. The van der Waals surface area contributed by atoms with Crippen LogP contribution in [0.3, 0.4) is 0 Å². The number of nitrogens with one attached hydrogen (secondary N) is 1. The van der Waals surface area contributed by atoms with Gasteiger partial charge in [0.05, 0.1) is 13.2 Å². The van der Waals surface area contributed by atoms with Gasteiger partial charge in [-0.2, -0.15) is 4.98 Å². The van der Waals surface area contributed by atoms with Crippen molar-refractivity contribution in [3.05, 3.63) is 11.2 Å². The number of aromatic nitrogens is 2. The second kappa shape index (κ2) is 7.02. The van der Waals surface area contributed by atoms with Gasteiger partial charge in [0.15, 0.2) is 0 Å². The summed E-state index contributed by atoms with van der Waals surface area (Å²) < 4.78 is 11.3. The van der Waals surface area contributed by atoms with Crippen molar-refractivity contribution in [2.24, 2.45) is 0 Å². The van der Waals surface area contributed by atoms with Crippen molar-refractivity contribution in [1.29, 1.82) is 0 Å². The number of piperidine rings is 2. The van der Waals surface area contributed by atoms with E-state index in [9.17, 15) is 0 Å². The minimum absolute atomic E-state index is 0.0624. The van der Waals surface area contributed by atoms with E-state index in [1.165, 1.54) is 19.3 Å². The molecule has 24 heavy (non-hydrogen) atoms. The maximum absolute atomic E-state index is 6.21. The first-order valence-electron chi connectivity index (χ1n) is 8.95. The summed E-state index contributed by atoms with van der Waals surface area (Å²) in [6.07, 6.45) is 7.11. The normalized spacial score (nSPS) is 32.6. The van der Waals surface area contributed by atoms with E-state index in [4.69, 9.17) is 21.1 Å². The molecule has 0 aromatic carbocycles. The van der Waals surface area contributed by atoms with Gasteiger partial charge in [0.25, 0.3) is 0 Å². The number of anilines is 1. The number of ether oxygens (including phenoxy) is 2. The molecule has 0 radical (unpaired) electrons. The Morgan fingerprint density at radius 2 is 2.04 bits per heavy atom. The molecule has 4 rings (SSSR count). The molecule has 0 spiro atoms. The van der Waals surface area contributed by atoms with Crippen molar-refractivity contribution in [1.82, 2.24) is 15.3 Å². The fourth-order valence-electron chi connectivity index (χ4n) is 4.10. The predicted octanol–water partition coefficient (Wildman–Crippen LogP) is 2.41. The van der Waals surface area contributed by atoms with Crippen LogP contribution in [0, 0.1) is 0 Å². The molecule has 7 heteroatoms. The van der Waals surface area contributed by atoms with E-state index in [-0.39, 0.29) is 6.10 Å². The molecule has 1 aromatic rings. The Bertz CT molecular complexity index is 570. The molecule has 132 valence electrons. The topological polar surface area (TPSA) is 59.5 Å². The first kappa shape index (κ1) is 16.4. The summed E-state index contributed by atoms with van der Waals surface area (Å²) in [7, 11) is 2.07. The highest BCUT2D eigenvalue weighted by Gasteiger charge is 2.34. The van der Waals surface area contributed by atoms with E-state index < -0.39 is 0 Å². The molecule has 1 unspecified atom stereocenters. The second-order valence-corrected chi connectivity index (χ2v) is 7.55. The average Bonchev–Trinajstić information content (AvgIpc) is 3.06. The minimum Gasteiger partial charge on any atom is -0.472 e. The van der Waals surface area contributed by atoms with Crippen LogP contribution in [0.25, 0.3) is 0 Å². The molecule has 1 N–H and O–H groups in total. The molecule has 3 aliphatic rings. The highest BCUT2D eigenvalue weighted by Crippen LogP contribution is 2.30. The predicted molar refractivity (Wildman–Crippen MR) is 92.9 cm³/mol. The molecule has 2 bridgehead atoms. The molecule has 0 amide bonds. The van der Waals surface area contributed by atoms with E-state index in [0.29, 0.717) is 41.7 Å². The van der Waals surface area contributed by atoms with Crippen LogP contribution in [0.4, 0.5) is 5.95 Å². The van der Waals surface area contributed by atoms with Gasteiger partial charge in [-0.1, -0.05) is 18.0 Å². The average molecular weight is 353 g/mol. The SMILES string of the molecule is CN(c1nc(Cl)cc(OC2CCOC2)n1)[C@H]1C[C@H]2CCC[C@@H](C1)N2. The summed E-state index contributed by atoms with van der Waals surface area (Å²) in [4.78, 5) is 11.2. The van der Waals surface area contributed by atoms with Gasteiger partial charge in [0.2, 0.25) is 11.8 Å². The van der Waals surface area contributed by atoms with Crippen molar-refractivity contribution in [3.63, 3.8) is 0 Å². The van der Waals surface area contributed by atoms with Crippen molar-refractivity contribution in [2.45, 2.75) is 62.8 Å². The fourth-order valence-corrected chi connectivity index (χ4v) is 4.26. The quantitative estimate of drug-likeness (QED) is 0.840. The van der Waals surface area contributed by atoms with Crippen molar-refractivity contribution in [2.75, 3.05) is 25.2 Å². The molecule has 3 fully saturated rings. The monoisotopic (exact) mass is 352 g/mol. The second-order valence-electron chi connectivity index (χ2n) is 7.16. The molecule has 4 heterocycles. The van der Waals surface area contributed by atoms with E-state index in [0.717, 1.165) is 25.9 Å². The van der Waals surface area contributed by atoms with E-state index in [2.05, 4.69) is 27.2 Å². The summed E-state index contributed by atoms with van der Waals surface area (Å²) in [5.41, 5.74) is 0. The maximum Gasteiger partial charge on any atom is 0.230 e. The van der Waals surface area contributed by atoms with Gasteiger partial charge >= 0.3 is 0 Å². The third-order valence-electron chi connectivity index (χ3n) is 5.39. The van der Waals surface area contributed by atoms with Crippen LogP contribution in [0.1, 0.15) is 38.5 Å². The molecule has 6 nitrogen and oxygen atoms in total. The molecule has 3 aliphatic heterocycles. The molecule has 0 saturated carbocycles. The Hall–Kier alpha value is -1.11. The zero-order chi connectivity index (χ0) is 16.5. The molecule has 3 saturated heterocycles. The maximum atomic E-state index is 6.21. The van der Waals surface area contributed by atoms with Gasteiger partial charge in [-0.15, -0.1) is 0 Å². The number of nitrogens with zero attached hydrogens (tertiary/aromatic N) is 3. The third-order valence-corrected chi connectivity index (χ3v) is 5.58. The summed E-state index contributed by atoms with van der Waals surface area (Å²) in [6, 6.07) is 3.38. The van der Waals surface area contributed by atoms with Gasteiger partial charge in [0, 0.05) is 37.7 Å². The molecule has 1 aromatic heterocycles. The first-order valence-corrected chi connectivity index (χ1v) is 9.33. The van der Waals surface area contributed by atoms with Crippen LogP contribution in [0.2, 0.25) is 5.15 Å². The highest BCUT2D eigenvalue weighted by molar-refractivity contribution is 6.29. The van der Waals surface area contributed by atoms with Crippen LogP contribution in [-0.2, 0) is 4.74 Å². The Balaban J connectivity index is 1.48. The lowest BCUT2D eigenvalue weighted by Crippen LogP contribution is -2.54. The van der Waals surface area contributed by atoms with Gasteiger partial charge in [0.1, 0.15) is 11.3 Å². The number of hydrogen-bond donors (Lipinski definition) is 1. The lowest BCUT2D eigenvalue weighted by atomic mass is 9.83. The molecular weight excluding hydrogens is 328 g/mol.